The lowest BCUT2D eigenvalue weighted by molar-refractivity contribution is -0.137. The molecule has 0 aliphatic heterocycles. The lowest BCUT2D eigenvalue weighted by Crippen LogP contribution is -2.15. The molecule has 5 nitrogen and oxygen atoms in total. The summed E-state index contributed by atoms with van der Waals surface area (Å²) in [4.78, 5) is 11.2. The Balaban J connectivity index is 1.52. The number of fused-ring (bicyclic) bond motifs is 1. The first-order chi connectivity index (χ1) is 13.1. The van der Waals surface area contributed by atoms with Crippen molar-refractivity contribution < 1.29 is 14.6 Å². The van der Waals surface area contributed by atoms with Gasteiger partial charge in [0, 0.05) is 16.9 Å². The van der Waals surface area contributed by atoms with Crippen LogP contribution in [0.3, 0.4) is 0 Å². The highest BCUT2D eigenvalue weighted by atomic mass is 79.9. The molecule has 3 aromatic rings. The van der Waals surface area contributed by atoms with E-state index in [2.05, 4.69) is 33.2 Å². The summed E-state index contributed by atoms with van der Waals surface area (Å²) in [5.74, 6) is -0.0707. The highest BCUT2D eigenvalue weighted by molar-refractivity contribution is 9.10. The molecule has 2 unspecified atom stereocenters. The lowest BCUT2D eigenvalue weighted by Gasteiger charge is -2.18. The molecule has 0 saturated heterocycles. The van der Waals surface area contributed by atoms with E-state index < -0.39 is 5.97 Å². The molecule has 1 heterocycles. The molecular formula is C21H19BrN2O3. The van der Waals surface area contributed by atoms with E-state index in [0.29, 0.717) is 0 Å². The predicted octanol–water partition coefficient (Wildman–Crippen LogP) is 4.78. The Kier molecular flexibility index (Phi) is 4.99. The van der Waals surface area contributed by atoms with Crippen LogP contribution in [0.4, 0.5) is 0 Å². The summed E-state index contributed by atoms with van der Waals surface area (Å²) in [5, 5.41) is 13.4. The predicted molar refractivity (Wildman–Crippen MR) is 105 cm³/mol. The number of benzene rings is 2. The molecule has 6 heteroatoms. The number of ether oxygens (including phenoxy) is 1. The molecule has 4 rings (SSSR count). The van der Waals surface area contributed by atoms with Gasteiger partial charge in [-0.05, 0) is 59.9 Å². The SMILES string of the molecule is O=C(O)CC(c1ccc(OC2CCc3cc(Br)ccc32)cc1)n1cccn1. The maximum atomic E-state index is 11.2. The van der Waals surface area contributed by atoms with Crippen LogP contribution >= 0.6 is 15.9 Å². The zero-order chi connectivity index (χ0) is 18.8. The second-order valence-corrected chi connectivity index (χ2v) is 7.57. The molecule has 138 valence electrons. The van der Waals surface area contributed by atoms with E-state index >= 15 is 0 Å². The Hall–Kier alpha value is -2.60. The Labute approximate surface area is 165 Å². The van der Waals surface area contributed by atoms with Gasteiger partial charge in [0.2, 0.25) is 0 Å². The van der Waals surface area contributed by atoms with Gasteiger partial charge in [0.1, 0.15) is 11.9 Å². The Morgan fingerprint density at radius 3 is 2.81 bits per heavy atom. The Morgan fingerprint density at radius 1 is 1.30 bits per heavy atom. The minimum absolute atomic E-state index is 0.0211. The van der Waals surface area contributed by atoms with E-state index in [1.807, 2.05) is 30.3 Å². The molecule has 0 amide bonds. The fourth-order valence-electron chi connectivity index (χ4n) is 3.60. The van der Waals surface area contributed by atoms with Crippen molar-refractivity contribution in [2.45, 2.75) is 31.4 Å². The molecule has 1 aliphatic rings. The van der Waals surface area contributed by atoms with Gasteiger partial charge in [0.25, 0.3) is 0 Å². The summed E-state index contributed by atoms with van der Waals surface area (Å²) in [6.07, 6.45) is 5.44. The van der Waals surface area contributed by atoms with Crippen molar-refractivity contribution in [1.82, 2.24) is 9.78 Å². The van der Waals surface area contributed by atoms with Crippen LogP contribution < -0.4 is 4.74 Å². The molecule has 0 bridgehead atoms. The number of carbonyl (C=O) groups is 1. The zero-order valence-corrected chi connectivity index (χ0v) is 16.2. The van der Waals surface area contributed by atoms with Gasteiger partial charge in [-0.15, -0.1) is 0 Å². The summed E-state index contributed by atoms with van der Waals surface area (Å²) in [6, 6.07) is 15.4. The largest absolute Gasteiger partial charge is 0.486 e. The van der Waals surface area contributed by atoms with Crippen molar-refractivity contribution in [3.63, 3.8) is 0 Å². The van der Waals surface area contributed by atoms with Crippen molar-refractivity contribution in [2.75, 3.05) is 0 Å². The summed E-state index contributed by atoms with van der Waals surface area (Å²) >= 11 is 3.52. The summed E-state index contributed by atoms with van der Waals surface area (Å²) < 4.78 is 8.96. The number of rotatable bonds is 6. The van der Waals surface area contributed by atoms with E-state index in [4.69, 9.17) is 4.74 Å². The zero-order valence-electron chi connectivity index (χ0n) is 14.6. The van der Waals surface area contributed by atoms with Crippen LogP contribution in [-0.4, -0.2) is 20.9 Å². The van der Waals surface area contributed by atoms with Crippen LogP contribution in [-0.2, 0) is 11.2 Å². The lowest BCUT2D eigenvalue weighted by atomic mass is 10.0. The van der Waals surface area contributed by atoms with Crippen LogP contribution in [0.1, 0.15) is 41.7 Å². The quantitative estimate of drug-likeness (QED) is 0.615. The maximum absolute atomic E-state index is 11.2. The molecule has 2 aromatic carbocycles. The number of aryl methyl sites for hydroxylation is 1. The van der Waals surface area contributed by atoms with Gasteiger partial charge in [-0.25, -0.2) is 0 Å². The molecule has 0 saturated carbocycles. The number of carboxylic acid groups (broad SMARTS) is 1. The molecule has 0 fully saturated rings. The van der Waals surface area contributed by atoms with Crippen LogP contribution in [0.5, 0.6) is 5.75 Å². The Bertz CT molecular complexity index is 939. The van der Waals surface area contributed by atoms with Crippen molar-refractivity contribution >= 4 is 21.9 Å². The topological polar surface area (TPSA) is 64.3 Å². The molecule has 1 aliphatic carbocycles. The fraction of sp³-hybridized carbons (Fsp3) is 0.238. The number of hydrogen-bond donors (Lipinski definition) is 1. The molecule has 0 radical (unpaired) electrons. The van der Waals surface area contributed by atoms with Gasteiger partial charge in [-0.1, -0.05) is 34.1 Å². The number of carboxylic acids is 1. The van der Waals surface area contributed by atoms with Crippen LogP contribution in [0.15, 0.2) is 65.4 Å². The van der Waals surface area contributed by atoms with Gasteiger partial charge in [-0.3, -0.25) is 9.48 Å². The van der Waals surface area contributed by atoms with Crippen molar-refractivity contribution in [3.05, 3.63) is 82.1 Å². The number of hydrogen-bond acceptors (Lipinski definition) is 3. The smallest absolute Gasteiger partial charge is 0.305 e. The number of nitrogens with zero attached hydrogens (tertiary/aromatic N) is 2. The van der Waals surface area contributed by atoms with E-state index in [1.165, 1.54) is 11.1 Å². The first-order valence-electron chi connectivity index (χ1n) is 8.86. The second-order valence-electron chi connectivity index (χ2n) is 6.66. The average Bonchev–Trinajstić information content (AvgIpc) is 3.30. The van der Waals surface area contributed by atoms with Gasteiger partial charge in [-0.2, -0.15) is 5.10 Å². The monoisotopic (exact) mass is 426 g/mol. The van der Waals surface area contributed by atoms with Crippen molar-refractivity contribution in [2.24, 2.45) is 0 Å². The van der Waals surface area contributed by atoms with Crippen molar-refractivity contribution in [1.29, 1.82) is 0 Å². The number of aliphatic carboxylic acids is 1. The van der Waals surface area contributed by atoms with Crippen LogP contribution in [0, 0.1) is 0 Å². The van der Waals surface area contributed by atoms with E-state index in [0.717, 1.165) is 28.6 Å². The highest BCUT2D eigenvalue weighted by Crippen LogP contribution is 2.36. The third kappa shape index (κ3) is 3.90. The standard InChI is InChI=1S/C21H19BrN2O3/c22-16-5-8-18-15(12-16)4-9-20(18)27-17-6-2-14(3-7-17)19(13-21(25)26)24-11-1-10-23-24/h1-3,5-8,10-12,19-20H,4,9,13H2,(H,25,26). The maximum Gasteiger partial charge on any atom is 0.305 e. The van der Waals surface area contributed by atoms with Gasteiger partial charge in [0.15, 0.2) is 0 Å². The summed E-state index contributed by atoms with van der Waals surface area (Å²) in [5.41, 5.74) is 3.46. The van der Waals surface area contributed by atoms with Gasteiger partial charge >= 0.3 is 5.97 Å². The first kappa shape index (κ1) is 17.8. The molecular weight excluding hydrogens is 408 g/mol. The molecule has 1 aromatic heterocycles. The first-order valence-corrected chi connectivity index (χ1v) is 9.65. The highest BCUT2D eigenvalue weighted by Gasteiger charge is 2.24. The minimum atomic E-state index is -0.857. The summed E-state index contributed by atoms with van der Waals surface area (Å²) in [7, 11) is 0. The third-order valence-corrected chi connectivity index (χ3v) is 5.38. The summed E-state index contributed by atoms with van der Waals surface area (Å²) in [6.45, 7) is 0. The van der Waals surface area contributed by atoms with E-state index in [9.17, 15) is 9.90 Å². The minimum Gasteiger partial charge on any atom is -0.486 e. The van der Waals surface area contributed by atoms with Crippen molar-refractivity contribution in [3.8, 4) is 5.75 Å². The number of halogens is 1. The third-order valence-electron chi connectivity index (χ3n) is 4.88. The molecule has 27 heavy (non-hydrogen) atoms. The van der Waals surface area contributed by atoms with E-state index in [1.54, 1.807) is 23.1 Å². The molecule has 1 N–H and O–H groups in total. The van der Waals surface area contributed by atoms with Gasteiger partial charge in [0.05, 0.1) is 12.5 Å². The Morgan fingerprint density at radius 2 is 2.11 bits per heavy atom. The van der Waals surface area contributed by atoms with Crippen LogP contribution in [0.25, 0.3) is 0 Å². The van der Waals surface area contributed by atoms with Gasteiger partial charge < -0.3 is 9.84 Å². The normalized spacial score (nSPS) is 16.7. The molecule has 2 atom stereocenters. The number of aromatic nitrogens is 2. The molecule has 0 spiro atoms. The van der Waals surface area contributed by atoms with E-state index in [-0.39, 0.29) is 18.6 Å². The fourth-order valence-corrected chi connectivity index (χ4v) is 4.01. The second kappa shape index (κ2) is 7.56. The van der Waals surface area contributed by atoms with Crippen LogP contribution in [0.2, 0.25) is 0 Å². The average molecular weight is 427 g/mol.